The van der Waals surface area contributed by atoms with Crippen molar-refractivity contribution in [2.75, 3.05) is 13.6 Å². The van der Waals surface area contributed by atoms with Crippen LogP contribution < -0.4 is 10.6 Å². The predicted octanol–water partition coefficient (Wildman–Crippen LogP) is 5.45. The molecule has 0 spiro atoms. The first kappa shape index (κ1) is 30.9. The van der Waals surface area contributed by atoms with Crippen LogP contribution in [0.3, 0.4) is 0 Å². The molecule has 0 aliphatic carbocycles. The average Bonchev–Trinajstić information content (AvgIpc) is 3.23. The van der Waals surface area contributed by atoms with E-state index in [0.717, 1.165) is 34.2 Å². The van der Waals surface area contributed by atoms with Crippen LogP contribution in [0.15, 0.2) is 48.7 Å². The van der Waals surface area contributed by atoms with Crippen molar-refractivity contribution in [3.63, 3.8) is 0 Å². The van der Waals surface area contributed by atoms with Crippen LogP contribution in [0, 0.1) is 0 Å². The van der Waals surface area contributed by atoms with E-state index in [1.54, 1.807) is 12.3 Å². The highest BCUT2D eigenvalue weighted by Crippen LogP contribution is 2.37. The molecule has 0 bridgehead atoms. The summed E-state index contributed by atoms with van der Waals surface area (Å²) in [4.78, 5) is 42.6. The molecule has 7 nitrogen and oxygen atoms in total. The van der Waals surface area contributed by atoms with Crippen molar-refractivity contribution >= 4 is 28.6 Å². The van der Waals surface area contributed by atoms with Crippen molar-refractivity contribution in [2.45, 2.75) is 63.0 Å². The largest absolute Gasteiger partial charge is 0.416 e. The monoisotopic (exact) mass is 596 g/mol. The van der Waals surface area contributed by atoms with E-state index in [-0.39, 0.29) is 31.2 Å². The lowest BCUT2D eigenvalue weighted by Crippen LogP contribution is -2.46. The zero-order valence-corrected chi connectivity index (χ0v) is 22.7. The summed E-state index contributed by atoms with van der Waals surface area (Å²) in [5, 5.41) is 6.23. The Morgan fingerprint density at radius 3 is 2.36 bits per heavy atom. The number of benzene rings is 2. The highest BCUT2D eigenvalue weighted by atomic mass is 19.4. The van der Waals surface area contributed by atoms with Gasteiger partial charge in [-0.1, -0.05) is 18.2 Å². The molecule has 0 saturated carbocycles. The number of para-hydroxylation sites is 1. The van der Waals surface area contributed by atoms with Crippen molar-refractivity contribution < 1.29 is 40.7 Å². The summed E-state index contributed by atoms with van der Waals surface area (Å²) >= 11 is 0. The van der Waals surface area contributed by atoms with E-state index < -0.39 is 52.9 Å². The lowest BCUT2D eigenvalue weighted by molar-refractivity contribution is -0.143. The third-order valence-corrected chi connectivity index (χ3v) is 7.41. The lowest BCUT2D eigenvalue weighted by Gasteiger charge is -2.29. The van der Waals surface area contributed by atoms with E-state index in [2.05, 4.69) is 15.6 Å². The minimum absolute atomic E-state index is 0.0335. The van der Waals surface area contributed by atoms with Gasteiger partial charge in [-0.25, -0.2) is 0 Å². The van der Waals surface area contributed by atoms with Crippen LogP contribution in [-0.2, 0) is 28.4 Å². The number of carbonyl (C=O) groups is 3. The van der Waals surface area contributed by atoms with E-state index in [1.807, 2.05) is 18.2 Å². The average molecular weight is 597 g/mol. The molecule has 1 fully saturated rings. The number of carbonyl (C=O) groups excluding carboxylic acids is 3. The van der Waals surface area contributed by atoms with E-state index in [9.17, 15) is 40.7 Å². The van der Waals surface area contributed by atoms with Gasteiger partial charge in [0.15, 0.2) is 0 Å². The summed E-state index contributed by atoms with van der Waals surface area (Å²) in [6, 6.07) is 6.55. The fourth-order valence-corrected chi connectivity index (χ4v) is 5.08. The van der Waals surface area contributed by atoms with Crippen molar-refractivity contribution in [3.8, 4) is 0 Å². The number of H-pyrrole nitrogens is 1. The fourth-order valence-electron chi connectivity index (χ4n) is 5.08. The van der Waals surface area contributed by atoms with Gasteiger partial charge < -0.3 is 20.5 Å². The highest BCUT2D eigenvalue weighted by molar-refractivity contribution is 5.95. The van der Waals surface area contributed by atoms with Gasteiger partial charge in [0.1, 0.15) is 6.04 Å². The number of nitrogens with one attached hydrogen (secondary N) is 3. The molecule has 42 heavy (non-hydrogen) atoms. The lowest BCUT2D eigenvalue weighted by atomic mass is 9.98. The minimum Gasteiger partial charge on any atom is -0.361 e. The SMILES string of the molecule is CN(C(=O)c1cc(C(F)(F)F)cc(C(F)(F)F)c1)C(CCC(=O)NC1CCCCNC1=O)Cc1c[nH]c2ccccc12. The molecule has 1 aliphatic rings. The van der Waals surface area contributed by atoms with Crippen LogP contribution in [-0.4, -0.2) is 53.3 Å². The number of nitrogens with zero attached hydrogens (tertiary/aromatic N) is 1. The summed E-state index contributed by atoms with van der Waals surface area (Å²) in [7, 11) is 1.28. The summed E-state index contributed by atoms with van der Waals surface area (Å²) in [5.74, 6) is -1.81. The summed E-state index contributed by atoms with van der Waals surface area (Å²) < 4.78 is 80.7. The maximum atomic E-state index is 13.4. The van der Waals surface area contributed by atoms with Crippen molar-refractivity contribution in [1.82, 2.24) is 20.5 Å². The standard InChI is InChI=1S/C29H30F6N4O3/c1-39(27(42)17-12-19(28(30,31)32)15-20(13-17)29(33,34)35)21(14-18-16-37-23-7-3-2-6-22(18)23)9-10-25(40)38-24-8-4-5-11-36-26(24)41/h2-3,6-7,12-13,15-16,21,24,37H,4-5,8-11,14H2,1H3,(H,36,41)(H,38,40). The van der Waals surface area contributed by atoms with Gasteiger partial charge in [-0.05, 0) is 61.9 Å². The molecule has 3 aromatic rings. The molecule has 1 aromatic heterocycles. The molecule has 3 N–H and O–H groups in total. The number of rotatable bonds is 8. The van der Waals surface area contributed by atoms with Gasteiger partial charge in [0.05, 0.1) is 11.1 Å². The molecule has 2 aromatic carbocycles. The molecule has 226 valence electrons. The number of hydrogen-bond acceptors (Lipinski definition) is 3. The number of hydrogen-bond donors (Lipinski definition) is 3. The number of alkyl halides is 6. The molecular weight excluding hydrogens is 566 g/mol. The van der Waals surface area contributed by atoms with Gasteiger partial charge >= 0.3 is 12.4 Å². The number of aromatic nitrogens is 1. The zero-order chi connectivity index (χ0) is 30.7. The second-order valence-electron chi connectivity index (χ2n) is 10.4. The molecule has 13 heteroatoms. The van der Waals surface area contributed by atoms with Gasteiger partial charge in [-0.2, -0.15) is 26.3 Å². The fraction of sp³-hybridized carbons (Fsp3) is 0.414. The Balaban J connectivity index is 1.60. The number of aromatic amines is 1. The van der Waals surface area contributed by atoms with E-state index in [0.29, 0.717) is 25.1 Å². The van der Waals surface area contributed by atoms with E-state index in [4.69, 9.17) is 0 Å². The van der Waals surface area contributed by atoms with Gasteiger partial charge in [-0.15, -0.1) is 0 Å². The van der Waals surface area contributed by atoms with Gasteiger partial charge in [0, 0.05) is 48.7 Å². The van der Waals surface area contributed by atoms with Gasteiger partial charge in [0.25, 0.3) is 5.91 Å². The molecule has 2 unspecified atom stereocenters. The Bertz CT molecular complexity index is 1420. The first-order valence-corrected chi connectivity index (χ1v) is 13.4. The maximum Gasteiger partial charge on any atom is 0.416 e. The normalized spacial score (nSPS) is 16.9. The van der Waals surface area contributed by atoms with Crippen molar-refractivity contribution in [3.05, 3.63) is 70.9 Å². The summed E-state index contributed by atoms with van der Waals surface area (Å²) in [6.45, 7) is 0.510. The van der Waals surface area contributed by atoms with Crippen LogP contribution in [0.2, 0.25) is 0 Å². The number of fused-ring (bicyclic) bond motifs is 1. The van der Waals surface area contributed by atoms with E-state index in [1.165, 1.54) is 7.05 Å². The Labute approximate surface area is 237 Å². The summed E-state index contributed by atoms with van der Waals surface area (Å²) in [6.07, 6.45) is -6.47. The molecule has 2 atom stereocenters. The Hall–Kier alpha value is -4.03. The van der Waals surface area contributed by atoms with Crippen LogP contribution >= 0.6 is 0 Å². The van der Waals surface area contributed by atoms with Crippen LogP contribution in [0.4, 0.5) is 26.3 Å². The molecule has 1 saturated heterocycles. The number of halogens is 6. The van der Waals surface area contributed by atoms with Gasteiger partial charge in [-0.3, -0.25) is 14.4 Å². The van der Waals surface area contributed by atoms with Crippen LogP contribution in [0.25, 0.3) is 10.9 Å². The Morgan fingerprint density at radius 1 is 1.02 bits per heavy atom. The molecule has 3 amide bonds. The third-order valence-electron chi connectivity index (χ3n) is 7.41. The molecule has 0 radical (unpaired) electrons. The van der Waals surface area contributed by atoms with Gasteiger partial charge in [0.2, 0.25) is 11.8 Å². The molecule has 2 heterocycles. The first-order valence-electron chi connectivity index (χ1n) is 13.4. The topological polar surface area (TPSA) is 94.3 Å². The number of amides is 3. The Kier molecular flexibility index (Phi) is 9.17. The smallest absolute Gasteiger partial charge is 0.361 e. The Morgan fingerprint density at radius 2 is 1.69 bits per heavy atom. The molecule has 4 rings (SSSR count). The quantitative estimate of drug-likeness (QED) is 0.302. The molecular formula is C29H30F6N4O3. The second kappa shape index (κ2) is 12.5. The molecule has 1 aliphatic heterocycles. The zero-order valence-electron chi connectivity index (χ0n) is 22.7. The van der Waals surface area contributed by atoms with Crippen LogP contribution in [0.5, 0.6) is 0 Å². The van der Waals surface area contributed by atoms with Crippen LogP contribution in [0.1, 0.15) is 59.2 Å². The second-order valence-corrected chi connectivity index (χ2v) is 10.4. The number of likely N-dealkylation sites (N-methyl/N-ethyl adjacent to an activating group) is 1. The minimum atomic E-state index is -5.11. The van der Waals surface area contributed by atoms with E-state index >= 15 is 0 Å². The predicted molar refractivity (Wildman–Crippen MR) is 142 cm³/mol. The van der Waals surface area contributed by atoms with Crippen molar-refractivity contribution in [2.24, 2.45) is 0 Å². The van der Waals surface area contributed by atoms with Crippen molar-refractivity contribution in [1.29, 1.82) is 0 Å². The first-order chi connectivity index (χ1) is 19.7. The highest BCUT2D eigenvalue weighted by Gasteiger charge is 2.38. The maximum absolute atomic E-state index is 13.4. The summed E-state index contributed by atoms with van der Waals surface area (Å²) in [5.41, 5.74) is -2.42. The third kappa shape index (κ3) is 7.42.